The number of rotatable bonds is 7. The maximum absolute atomic E-state index is 10.7. The van der Waals surface area contributed by atoms with Crippen LogP contribution in [0.4, 0.5) is 0 Å². The van der Waals surface area contributed by atoms with E-state index in [1.54, 1.807) is 6.92 Å². The van der Waals surface area contributed by atoms with Gasteiger partial charge in [0.15, 0.2) is 0 Å². The molecule has 0 spiro atoms. The van der Waals surface area contributed by atoms with Crippen molar-refractivity contribution >= 4 is 5.97 Å². The van der Waals surface area contributed by atoms with Gasteiger partial charge in [-0.25, -0.2) is 0 Å². The minimum Gasteiger partial charge on any atom is -0.481 e. The van der Waals surface area contributed by atoms with E-state index in [1.165, 1.54) is 0 Å². The van der Waals surface area contributed by atoms with Crippen LogP contribution in [0.15, 0.2) is 0 Å². The van der Waals surface area contributed by atoms with Crippen molar-refractivity contribution in [2.75, 3.05) is 19.6 Å². The lowest BCUT2D eigenvalue weighted by atomic mass is 10.1. The van der Waals surface area contributed by atoms with E-state index in [0.29, 0.717) is 12.5 Å². The van der Waals surface area contributed by atoms with E-state index in [2.05, 4.69) is 25.7 Å². The zero-order valence-corrected chi connectivity index (χ0v) is 9.79. The average molecular weight is 201 g/mol. The van der Waals surface area contributed by atoms with Crippen molar-refractivity contribution in [2.45, 2.75) is 34.1 Å². The molecular weight excluding hydrogens is 178 g/mol. The predicted molar refractivity (Wildman–Crippen MR) is 58.4 cm³/mol. The first kappa shape index (κ1) is 13.4. The van der Waals surface area contributed by atoms with Gasteiger partial charge in [-0.15, -0.1) is 0 Å². The Morgan fingerprint density at radius 2 is 1.86 bits per heavy atom. The maximum Gasteiger partial charge on any atom is 0.307 e. The zero-order valence-electron chi connectivity index (χ0n) is 9.79. The van der Waals surface area contributed by atoms with Gasteiger partial charge in [-0.1, -0.05) is 34.1 Å². The molecule has 0 aliphatic heterocycles. The van der Waals surface area contributed by atoms with Crippen LogP contribution in [-0.2, 0) is 4.79 Å². The van der Waals surface area contributed by atoms with E-state index in [4.69, 9.17) is 5.11 Å². The molecule has 0 radical (unpaired) electrons. The van der Waals surface area contributed by atoms with Gasteiger partial charge in [0.1, 0.15) is 0 Å². The molecule has 0 aromatic carbocycles. The topological polar surface area (TPSA) is 40.5 Å². The molecular formula is C11H23NO2. The molecule has 0 saturated carbocycles. The second-order valence-electron chi connectivity index (χ2n) is 4.10. The van der Waals surface area contributed by atoms with Gasteiger partial charge < -0.3 is 10.0 Å². The first-order valence-corrected chi connectivity index (χ1v) is 5.46. The van der Waals surface area contributed by atoms with Crippen LogP contribution in [0.25, 0.3) is 0 Å². The number of nitrogens with zero attached hydrogens (tertiary/aromatic N) is 1. The van der Waals surface area contributed by atoms with Crippen LogP contribution in [0.1, 0.15) is 34.1 Å². The Kier molecular flexibility index (Phi) is 6.54. The van der Waals surface area contributed by atoms with Gasteiger partial charge in [-0.3, -0.25) is 4.79 Å². The van der Waals surface area contributed by atoms with Crippen LogP contribution in [-0.4, -0.2) is 35.6 Å². The molecule has 14 heavy (non-hydrogen) atoms. The third kappa shape index (κ3) is 5.22. The highest BCUT2D eigenvalue weighted by atomic mass is 16.4. The van der Waals surface area contributed by atoms with Gasteiger partial charge in [-0.2, -0.15) is 0 Å². The molecule has 2 unspecified atom stereocenters. The lowest BCUT2D eigenvalue weighted by molar-refractivity contribution is -0.141. The van der Waals surface area contributed by atoms with Gasteiger partial charge in [0.05, 0.1) is 5.92 Å². The molecule has 3 heteroatoms. The van der Waals surface area contributed by atoms with Crippen LogP contribution in [0.3, 0.4) is 0 Å². The summed E-state index contributed by atoms with van der Waals surface area (Å²) in [6.07, 6.45) is 1.15. The monoisotopic (exact) mass is 201 g/mol. The maximum atomic E-state index is 10.7. The molecule has 84 valence electrons. The molecule has 0 fully saturated rings. The van der Waals surface area contributed by atoms with E-state index < -0.39 is 5.97 Å². The summed E-state index contributed by atoms with van der Waals surface area (Å²) in [7, 11) is 0. The summed E-state index contributed by atoms with van der Waals surface area (Å²) in [4.78, 5) is 12.9. The second kappa shape index (κ2) is 6.82. The summed E-state index contributed by atoms with van der Waals surface area (Å²) in [5.74, 6) is -0.317. The smallest absolute Gasteiger partial charge is 0.307 e. The Morgan fingerprint density at radius 3 is 2.21 bits per heavy atom. The second-order valence-corrected chi connectivity index (χ2v) is 4.10. The van der Waals surface area contributed by atoms with E-state index in [0.717, 1.165) is 19.5 Å². The predicted octanol–water partition coefficient (Wildman–Crippen LogP) is 2.08. The fourth-order valence-electron chi connectivity index (χ4n) is 1.37. The van der Waals surface area contributed by atoms with Gasteiger partial charge in [0.25, 0.3) is 0 Å². The normalized spacial score (nSPS) is 15.5. The van der Waals surface area contributed by atoms with Crippen LogP contribution in [0.2, 0.25) is 0 Å². The Morgan fingerprint density at radius 1 is 1.29 bits per heavy atom. The summed E-state index contributed by atoms with van der Waals surface area (Å²) in [6, 6.07) is 0. The zero-order chi connectivity index (χ0) is 11.1. The summed E-state index contributed by atoms with van der Waals surface area (Å²) in [5.41, 5.74) is 0. The van der Waals surface area contributed by atoms with E-state index in [9.17, 15) is 4.79 Å². The lowest BCUT2D eigenvalue weighted by Gasteiger charge is -2.25. The Hall–Kier alpha value is -0.570. The van der Waals surface area contributed by atoms with Crippen molar-refractivity contribution in [3.8, 4) is 0 Å². The van der Waals surface area contributed by atoms with Crippen molar-refractivity contribution in [2.24, 2.45) is 11.8 Å². The van der Waals surface area contributed by atoms with Crippen LogP contribution >= 0.6 is 0 Å². The minimum absolute atomic E-state index is 0.265. The average Bonchev–Trinajstić information content (AvgIpc) is 2.16. The highest BCUT2D eigenvalue weighted by molar-refractivity contribution is 5.69. The third-order valence-electron chi connectivity index (χ3n) is 2.67. The molecule has 1 N–H and O–H groups in total. The fourth-order valence-corrected chi connectivity index (χ4v) is 1.37. The molecule has 0 saturated heterocycles. The quantitative estimate of drug-likeness (QED) is 0.685. The first-order chi connectivity index (χ1) is 6.51. The van der Waals surface area contributed by atoms with Gasteiger partial charge in [0, 0.05) is 13.1 Å². The molecule has 0 amide bonds. The first-order valence-electron chi connectivity index (χ1n) is 5.46. The highest BCUT2D eigenvalue weighted by Crippen LogP contribution is 2.07. The minimum atomic E-state index is -0.701. The number of carboxylic acids is 1. The van der Waals surface area contributed by atoms with Crippen molar-refractivity contribution < 1.29 is 9.90 Å². The van der Waals surface area contributed by atoms with Crippen molar-refractivity contribution in [3.63, 3.8) is 0 Å². The molecule has 0 bridgehead atoms. The molecule has 3 nitrogen and oxygen atoms in total. The number of hydrogen-bond donors (Lipinski definition) is 1. The van der Waals surface area contributed by atoms with E-state index in [-0.39, 0.29) is 5.92 Å². The molecule has 0 heterocycles. The number of hydrogen-bond acceptors (Lipinski definition) is 2. The number of carboxylic acid groups (broad SMARTS) is 1. The molecule has 0 aliphatic rings. The van der Waals surface area contributed by atoms with E-state index >= 15 is 0 Å². The summed E-state index contributed by atoms with van der Waals surface area (Å²) in [5, 5.41) is 8.79. The largest absolute Gasteiger partial charge is 0.481 e. The number of carbonyl (C=O) groups is 1. The summed E-state index contributed by atoms with van der Waals surface area (Å²) < 4.78 is 0. The molecule has 0 aliphatic carbocycles. The highest BCUT2D eigenvalue weighted by Gasteiger charge is 2.15. The van der Waals surface area contributed by atoms with E-state index in [1.807, 2.05) is 0 Å². The van der Waals surface area contributed by atoms with Crippen molar-refractivity contribution in [3.05, 3.63) is 0 Å². The molecule has 2 atom stereocenters. The van der Waals surface area contributed by atoms with Crippen LogP contribution in [0.5, 0.6) is 0 Å². The Balaban J connectivity index is 3.96. The number of aliphatic carboxylic acids is 1. The summed E-state index contributed by atoms with van der Waals surface area (Å²) in [6.45, 7) is 10.8. The van der Waals surface area contributed by atoms with Gasteiger partial charge in [-0.05, 0) is 12.5 Å². The third-order valence-corrected chi connectivity index (χ3v) is 2.67. The SMILES string of the molecule is CCC(C)CN(CC)CC(C)C(=O)O. The van der Waals surface area contributed by atoms with Crippen molar-refractivity contribution in [1.82, 2.24) is 4.90 Å². The Bertz CT molecular complexity index is 171. The van der Waals surface area contributed by atoms with Gasteiger partial charge in [0.2, 0.25) is 0 Å². The standard InChI is InChI=1S/C11H23NO2/c1-5-9(3)7-12(6-2)8-10(4)11(13)14/h9-10H,5-8H2,1-4H3,(H,13,14). The lowest BCUT2D eigenvalue weighted by Crippen LogP contribution is -2.34. The molecule has 0 aromatic rings. The molecule has 0 aromatic heterocycles. The van der Waals surface area contributed by atoms with Crippen LogP contribution in [0, 0.1) is 11.8 Å². The molecule has 0 rings (SSSR count). The summed E-state index contributed by atoms with van der Waals surface area (Å²) >= 11 is 0. The van der Waals surface area contributed by atoms with Gasteiger partial charge >= 0.3 is 5.97 Å². The van der Waals surface area contributed by atoms with Crippen molar-refractivity contribution in [1.29, 1.82) is 0 Å². The fraction of sp³-hybridized carbons (Fsp3) is 0.909. The van der Waals surface area contributed by atoms with Crippen LogP contribution < -0.4 is 0 Å². The Labute approximate surface area is 87.1 Å².